The average Bonchev–Trinajstić information content (AvgIpc) is 3.35. The number of carbonyl (C=O) groups is 1. The Balaban J connectivity index is 1.56. The first-order valence-corrected chi connectivity index (χ1v) is 11.2. The number of ether oxygens (including phenoxy) is 1. The van der Waals surface area contributed by atoms with Gasteiger partial charge in [0.05, 0.1) is 31.3 Å². The number of amides is 1. The highest BCUT2D eigenvalue weighted by Crippen LogP contribution is 2.26. The molecular formula is C22H25ClN8O3. The van der Waals surface area contributed by atoms with Crippen molar-refractivity contribution < 1.29 is 14.6 Å². The quantitative estimate of drug-likeness (QED) is 0.412. The first kappa shape index (κ1) is 23.6. The van der Waals surface area contributed by atoms with Crippen molar-refractivity contribution in [3.8, 4) is 5.75 Å². The SMILES string of the molecule is COc1ccc(CNc2nc(N3CCCC3CO)nnc2C(=O)NCc2ncccn2)cc1Cl. The fourth-order valence-electron chi connectivity index (χ4n) is 3.67. The first-order chi connectivity index (χ1) is 16.6. The predicted octanol–water partition coefficient (Wildman–Crippen LogP) is 1.83. The van der Waals surface area contributed by atoms with E-state index >= 15 is 0 Å². The molecule has 3 aromatic rings. The summed E-state index contributed by atoms with van der Waals surface area (Å²) in [7, 11) is 1.55. The van der Waals surface area contributed by atoms with Gasteiger partial charge in [-0.05, 0) is 36.6 Å². The third-order valence-corrected chi connectivity index (χ3v) is 5.73. The second kappa shape index (κ2) is 11.0. The van der Waals surface area contributed by atoms with Crippen molar-refractivity contribution in [3.63, 3.8) is 0 Å². The number of methoxy groups -OCH3 is 1. The Morgan fingerprint density at radius 1 is 1.26 bits per heavy atom. The summed E-state index contributed by atoms with van der Waals surface area (Å²) in [4.78, 5) is 27.6. The molecule has 0 radical (unpaired) electrons. The maximum absolute atomic E-state index is 12.9. The van der Waals surface area contributed by atoms with Crippen molar-refractivity contribution in [2.24, 2.45) is 0 Å². The van der Waals surface area contributed by atoms with Crippen LogP contribution < -0.4 is 20.3 Å². The molecule has 1 atom stereocenters. The summed E-state index contributed by atoms with van der Waals surface area (Å²) < 4.78 is 5.20. The molecule has 1 aliphatic rings. The van der Waals surface area contributed by atoms with E-state index < -0.39 is 5.91 Å². The number of carbonyl (C=O) groups excluding carboxylic acids is 1. The van der Waals surface area contributed by atoms with Gasteiger partial charge in [-0.2, -0.15) is 4.98 Å². The Kier molecular flexibility index (Phi) is 7.65. The molecule has 1 fully saturated rings. The van der Waals surface area contributed by atoms with Crippen LogP contribution in [-0.2, 0) is 13.1 Å². The highest BCUT2D eigenvalue weighted by Gasteiger charge is 2.28. The Bertz CT molecular complexity index is 1130. The molecular weight excluding hydrogens is 460 g/mol. The van der Waals surface area contributed by atoms with Crippen LogP contribution in [0.2, 0.25) is 5.02 Å². The molecule has 34 heavy (non-hydrogen) atoms. The Hall–Kier alpha value is -3.57. The molecule has 11 nitrogen and oxygen atoms in total. The minimum Gasteiger partial charge on any atom is -0.495 e. The van der Waals surface area contributed by atoms with E-state index in [-0.39, 0.29) is 30.7 Å². The zero-order chi connectivity index (χ0) is 23.9. The summed E-state index contributed by atoms with van der Waals surface area (Å²) in [6.45, 7) is 1.18. The molecule has 1 saturated heterocycles. The van der Waals surface area contributed by atoms with Gasteiger partial charge in [-0.1, -0.05) is 17.7 Å². The summed E-state index contributed by atoms with van der Waals surface area (Å²) in [5.74, 6) is 1.21. The van der Waals surface area contributed by atoms with E-state index in [4.69, 9.17) is 16.3 Å². The molecule has 1 aliphatic heterocycles. The normalized spacial score (nSPS) is 15.3. The largest absolute Gasteiger partial charge is 0.495 e. The Labute approximate surface area is 201 Å². The number of hydrogen-bond acceptors (Lipinski definition) is 10. The minimum absolute atomic E-state index is 0.00418. The summed E-state index contributed by atoms with van der Waals surface area (Å²) in [6.07, 6.45) is 4.96. The number of halogens is 1. The van der Waals surface area contributed by atoms with E-state index in [0.717, 1.165) is 18.4 Å². The molecule has 0 bridgehead atoms. The number of nitrogens with one attached hydrogen (secondary N) is 2. The van der Waals surface area contributed by atoms with Crippen molar-refractivity contribution in [2.75, 3.05) is 30.5 Å². The molecule has 0 saturated carbocycles. The lowest BCUT2D eigenvalue weighted by molar-refractivity contribution is 0.0944. The van der Waals surface area contributed by atoms with Crippen molar-refractivity contribution in [3.05, 3.63) is 58.8 Å². The summed E-state index contributed by atoms with van der Waals surface area (Å²) >= 11 is 6.24. The van der Waals surface area contributed by atoms with E-state index in [1.165, 1.54) is 0 Å². The lowest BCUT2D eigenvalue weighted by Gasteiger charge is -2.23. The molecule has 12 heteroatoms. The number of aliphatic hydroxyl groups excluding tert-OH is 1. The van der Waals surface area contributed by atoms with Crippen molar-refractivity contribution in [1.29, 1.82) is 0 Å². The maximum Gasteiger partial charge on any atom is 0.276 e. The number of aliphatic hydroxyl groups is 1. The highest BCUT2D eigenvalue weighted by molar-refractivity contribution is 6.32. The van der Waals surface area contributed by atoms with E-state index in [1.54, 1.807) is 37.7 Å². The van der Waals surface area contributed by atoms with Gasteiger partial charge in [0.1, 0.15) is 11.6 Å². The molecule has 1 unspecified atom stereocenters. The highest BCUT2D eigenvalue weighted by atomic mass is 35.5. The van der Waals surface area contributed by atoms with E-state index in [9.17, 15) is 9.90 Å². The number of aromatic nitrogens is 5. The molecule has 1 amide bonds. The maximum atomic E-state index is 12.9. The lowest BCUT2D eigenvalue weighted by Crippen LogP contribution is -2.34. The Morgan fingerprint density at radius 3 is 2.82 bits per heavy atom. The predicted molar refractivity (Wildman–Crippen MR) is 126 cm³/mol. The third-order valence-electron chi connectivity index (χ3n) is 5.44. The molecule has 0 spiro atoms. The van der Waals surface area contributed by atoms with Gasteiger partial charge in [-0.15, -0.1) is 10.2 Å². The summed E-state index contributed by atoms with van der Waals surface area (Å²) in [5, 5.41) is 24.4. The topological polar surface area (TPSA) is 138 Å². The van der Waals surface area contributed by atoms with Gasteiger partial charge < -0.3 is 25.4 Å². The fourth-order valence-corrected chi connectivity index (χ4v) is 3.95. The molecule has 2 aromatic heterocycles. The second-order valence-electron chi connectivity index (χ2n) is 7.65. The van der Waals surface area contributed by atoms with Crippen LogP contribution in [0.25, 0.3) is 0 Å². The van der Waals surface area contributed by atoms with Gasteiger partial charge in [0.15, 0.2) is 11.5 Å². The summed E-state index contributed by atoms with van der Waals surface area (Å²) in [6, 6.07) is 7.03. The van der Waals surface area contributed by atoms with Gasteiger partial charge >= 0.3 is 0 Å². The van der Waals surface area contributed by atoms with Crippen molar-refractivity contribution in [1.82, 2.24) is 30.5 Å². The number of hydrogen-bond donors (Lipinski definition) is 3. The van der Waals surface area contributed by atoms with Gasteiger partial charge in [-0.25, -0.2) is 9.97 Å². The van der Waals surface area contributed by atoms with Crippen molar-refractivity contribution in [2.45, 2.75) is 32.0 Å². The van der Waals surface area contributed by atoms with Crippen LogP contribution in [0.1, 0.15) is 34.7 Å². The monoisotopic (exact) mass is 484 g/mol. The van der Waals surface area contributed by atoms with Crippen LogP contribution in [0, 0.1) is 0 Å². The standard InChI is InChI=1S/C22H25ClN8O3/c1-34-17-6-5-14(10-16(17)23)11-26-20-19(21(33)27-12-18-24-7-3-8-25-18)29-30-22(28-20)31-9-2-4-15(31)13-32/h3,5-8,10,15,32H,2,4,9,11-13H2,1H3,(H,27,33)(H,26,28,30). The fraction of sp³-hybridized carbons (Fsp3) is 0.364. The van der Waals surface area contributed by atoms with Crippen LogP contribution in [0.15, 0.2) is 36.7 Å². The number of nitrogens with zero attached hydrogens (tertiary/aromatic N) is 6. The molecule has 3 N–H and O–H groups in total. The molecule has 1 aromatic carbocycles. The van der Waals surface area contributed by atoms with Crippen LogP contribution in [0.5, 0.6) is 5.75 Å². The van der Waals surface area contributed by atoms with Gasteiger partial charge in [0.25, 0.3) is 5.91 Å². The number of anilines is 2. The molecule has 178 valence electrons. The van der Waals surface area contributed by atoms with E-state index in [1.807, 2.05) is 11.0 Å². The van der Waals surface area contributed by atoms with Crippen LogP contribution >= 0.6 is 11.6 Å². The van der Waals surface area contributed by atoms with Gasteiger partial charge in [0.2, 0.25) is 5.95 Å². The van der Waals surface area contributed by atoms with Crippen LogP contribution in [0.3, 0.4) is 0 Å². The van der Waals surface area contributed by atoms with Gasteiger partial charge in [0, 0.05) is 25.5 Å². The van der Waals surface area contributed by atoms with E-state index in [2.05, 4.69) is 35.8 Å². The second-order valence-corrected chi connectivity index (χ2v) is 8.06. The summed E-state index contributed by atoms with van der Waals surface area (Å²) in [5.41, 5.74) is 0.906. The molecule has 4 rings (SSSR count). The average molecular weight is 485 g/mol. The molecule has 3 heterocycles. The molecule has 0 aliphatic carbocycles. The van der Waals surface area contributed by atoms with E-state index in [0.29, 0.717) is 35.6 Å². The first-order valence-electron chi connectivity index (χ1n) is 10.8. The van der Waals surface area contributed by atoms with Crippen molar-refractivity contribution >= 4 is 29.3 Å². The minimum atomic E-state index is -0.464. The van der Waals surface area contributed by atoms with Gasteiger partial charge in [-0.3, -0.25) is 4.79 Å². The van der Waals surface area contributed by atoms with Crippen LogP contribution in [-0.4, -0.2) is 62.5 Å². The Morgan fingerprint density at radius 2 is 2.09 bits per heavy atom. The lowest BCUT2D eigenvalue weighted by atomic mass is 10.2. The number of benzene rings is 1. The zero-order valence-corrected chi connectivity index (χ0v) is 19.4. The van der Waals surface area contributed by atoms with Crippen LogP contribution in [0.4, 0.5) is 11.8 Å². The third kappa shape index (κ3) is 5.49. The zero-order valence-electron chi connectivity index (χ0n) is 18.6. The number of rotatable bonds is 9. The smallest absolute Gasteiger partial charge is 0.276 e.